The van der Waals surface area contributed by atoms with Crippen molar-refractivity contribution < 1.29 is 22.7 Å². The van der Waals surface area contributed by atoms with Crippen molar-refractivity contribution >= 4 is 21.9 Å². The summed E-state index contributed by atoms with van der Waals surface area (Å²) in [5, 5.41) is 2.96. The molecule has 1 aromatic heterocycles. The van der Waals surface area contributed by atoms with Gasteiger partial charge in [0.1, 0.15) is 10.6 Å². The van der Waals surface area contributed by atoms with Gasteiger partial charge in [0.2, 0.25) is 10.0 Å². The molecule has 29 heavy (non-hydrogen) atoms. The van der Waals surface area contributed by atoms with Gasteiger partial charge < -0.3 is 14.6 Å². The van der Waals surface area contributed by atoms with Crippen LogP contribution in [0.1, 0.15) is 56.4 Å². The van der Waals surface area contributed by atoms with Gasteiger partial charge in [0.05, 0.1) is 0 Å². The Balaban J connectivity index is 1.58. The van der Waals surface area contributed by atoms with Crippen LogP contribution in [-0.4, -0.2) is 54.9 Å². The van der Waals surface area contributed by atoms with Gasteiger partial charge in [-0.3, -0.25) is 4.79 Å². The van der Waals surface area contributed by atoms with Gasteiger partial charge in [-0.25, -0.2) is 13.2 Å². The smallest absolute Gasteiger partial charge is 0.355 e. The molecule has 0 radical (unpaired) electrons. The van der Waals surface area contributed by atoms with E-state index in [9.17, 15) is 18.0 Å². The van der Waals surface area contributed by atoms with Crippen molar-refractivity contribution in [1.82, 2.24) is 14.2 Å². The molecular formula is C20H31N3O5S. The topological polar surface area (TPSA) is 97.7 Å². The summed E-state index contributed by atoms with van der Waals surface area (Å²) < 4.78 is 33.3. The zero-order valence-electron chi connectivity index (χ0n) is 17.4. The van der Waals surface area contributed by atoms with E-state index < -0.39 is 16.0 Å². The Kier molecular flexibility index (Phi) is 6.68. The maximum Gasteiger partial charge on any atom is 0.355 e. The lowest BCUT2D eigenvalue weighted by molar-refractivity contribution is -0.125. The van der Waals surface area contributed by atoms with Crippen LogP contribution in [0.5, 0.6) is 0 Å². The van der Waals surface area contributed by atoms with Crippen LogP contribution in [0, 0.1) is 11.8 Å². The molecular weight excluding hydrogens is 394 g/mol. The molecule has 8 nitrogen and oxygen atoms in total. The molecule has 3 atom stereocenters. The lowest BCUT2D eigenvalue weighted by atomic mass is 9.78. The van der Waals surface area contributed by atoms with Gasteiger partial charge in [-0.05, 0) is 37.2 Å². The molecule has 2 aliphatic rings. The van der Waals surface area contributed by atoms with Crippen LogP contribution in [-0.2, 0) is 26.6 Å². The lowest BCUT2D eigenvalue weighted by Gasteiger charge is -2.34. The van der Waals surface area contributed by atoms with E-state index in [4.69, 9.17) is 4.74 Å². The fraction of sp³-hybridized carbons (Fsp3) is 0.700. The van der Waals surface area contributed by atoms with Crippen LogP contribution < -0.4 is 5.32 Å². The Hall–Kier alpha value is -1.87. The second-order valence-corrected chi connectivity index (χ2v) is 10.2. The van der Waals surface area contributed by atoms with E-state index in [0.29, 0.717) is 24.9 Å². The Morgan fingerprint density at radius 3 is 2.55 bits per heavy atom. The average Bonchev–Trinajstić information content (AvgIpc) is 3.34. The van der Waals surface area contributed by atoms with Gasteiger partial charge in [0, 0.05) is 32.4 Å². The molecule has 2 heterocycles. The minimum atomic E-state index is -3.61. The molecule has 0 bridgehead atoms. The third-order valence-corrected chi connectivity index (χ3v) is 8.14. The molecule has 1 saturated carbocycles. The summed E-state index contributed by atoms with van der Waals surface area (Å²) in [6, 6.07) is 1.41. The molecule has 0 spiro atoms. The van der Waals surface area contributed by atoms with Gasteiger partial charge in [-0.2, -0.15) is 4.31 Å². The van der Waals surface area contributed by atoms with E-state index in [1.807, 2.05) is 0 Å². The highest BCUT2D eigenvalue weighted by molar-refractivity contribution is 7.89. The second-order valence-electron chi connectivity index (χ2n) is 8.30. The maximum atomic E-state index is 12.7. The third kappa shape index (κ3) is 4.83. The van der Waals surface area contributed by atoms with Gasteiger partial charge >= 0.3 is 5.97 Å². The van der Waals surface area contributed by atoms with Gasteiger partial charge in [0.15, 0.2) is 6.61 Å². The Bertz CT molecular complexity index is 857. The van der Waals surface area contributed by atoms with Crippen LogP contribution in [0.3, 0.4) is 0 Å². The Morgan fingerprint density at radius 1 is 1.17 bits per heavy atom. The van der Waals surface area contributed by atoms with Gasteiger partial charge in [0.25, 0.3) is 5.91 Å². The van der Waals surface area contributed by atoms with Crippen LogP contribution in [0.4, 0.5) is 0 Å². The monoisotopic (exact) mass is 425 g/mol. The van der Waals surface area contributed by atoms with Crippen LogP contribution in [0.25, 0.3) is 0 Å². The molecule has 1 aliphatic carbocycles. The van der Waals surface area contributed by atoms with Crippen LogP contribution >= 0.6 is 0 Å². The number of amides is 1. The zero-order valence-corrected chi connectivity index (χ0v) is 18.2. The van der Waals surface area contributed by atoms with Crippen molar-refractivity contribution in [3.8, 4) is 0 Å². The molecule has 3 unspecified atom stereocenters. The summed E-state index contributed by atoms with van der Waals surface area (Å²) in [6.07, 6.45) is 6.27. The number of nitrogens with zero attached hydrogens (tertiary/aromatic N) is 2. The summed E-state index contributed by atoms with van der Waals surface area (Å²) in [7, 11) is -2.02. The number of hydrogen-bond acceptors (Lipinski definition) is 5. The van der Waals surface area contributed by atoms with Crippen molar-refractivity contribution in [2.45, 2.75) is 56.9 Å². The van der Waals surface area contributed by atoms with Crippen molar-refractivity contribution in [3.05, 3.63) is 18.0 Å². The Morgan fingerprint density at radius 2 is 1.86 bits per heavy atom. The standard InChI is InChI=1S/C20H31N3O5S/c1-14-7-6-8-17(15(14)2)21-19(24)13-28-20(25)18-11-16(12-22(18)3)29(26,27)23-9-4-5-10-23/h11-12,14-15,17H,4-10,13H2,1-3H3,(H,21,24). The quantitative estimate of drug-likeness (QED) is 0.702. The molecule has 2 fully saturated rings. The first-order chi connectivity index (χ1) is 13.7. The molecule has 1 saturated heterocycles. The summed E-state index contributed by atoms with van der Waals surface area (Å²) in [5.74, 6) is -0.107. The number of nitrogens with one attached hydrogen (secondary N) is 1. The number of aryl methyl sites for hydroxylation is 1. The molecule has 9 heteroatoms. The highest BCUT2D eigenvalue weighted by atomic mass is 32.2. The van der Waals surface area contributed by atoms with E-state index in [1.165, 1.54) is 27.6 Å². The number of hydrogen-bond donors (Lipinski definition) is 1. The summed E-state index contributed by atoms with van der Waals surface area (Å²) in [6.45, 7) is 4.93. The normalized spacial score (nSPS) is 25.7. The number of esters is 1. The van der Waals surface area contributed by atoms with Crippen molar-refractivity contribution in [2.24, 2.45) is 18.9 Å². The predicted octanol–water partition coefficient (Wildman–Crippen LogP) is 1.91. The maximum absolute atomic E-state index is 12.7. The van der Waals surface area contributed by atoms with E-state index in [-0.39, 0.29) is 29.1 Å². The average molecular weight is 426 g/mol. The Labute approximate surface area is 172 Å². The minimum absolute atomic E-state index is 0.0725. The number of rotatable bonds is 6. The molecule has 0 aromatic carbocycles. The summed E-state index contributed by atoms with van der Waals surface area (Å²) in [5.41, 5.74) is 0.107. The van der Waals surface area contributed by atoms with Gasteiger partial charge in [-0.15, -0.1) is 0 Å². The fourth-order valence-corrected chi connectivity index (χ4v) is 5.78. The molecule has 162 valence electrons. The first-order valence-electron chi connectivity index (χ1n) is 10.3. The molecule has 1 N–H and O–H groups in total. The minimum Gasteiger partial charge on any atom is -0.451 e. The van der Waals surface area contributed by atoms with Crippen LogP contribution in [0.15, 0.2) is 17.2 Å². The van der Waals surface area contributed by atoms with Crippen LogP contribution in [0.2, 0.25) is 0 Å². The fourth-order valence-electron chi connectivity index (χ4n) is 4.19. The molecule has 1 aliphatic heterocycles. The summed E-state index contributed by atoms with van der Waals surface area (Å²) >= 11 is 0. The first-order valence-corrected chi connectivity index (χ1v) is 11.8. The largest absolute Gasteiger partial charge is 0.451 e. The third-order valence-electron chi connectivity index (χ3n) is 6.28. The summed E-state index contributed by atoms with van der Waals surface area (Å²) in [4.78, 5) is 24.7. The zero-order chi connectivity index (χ0) is 21.2. The predicted molar refractivity (Wildman–Crippen MR) is 108 cm³/mol. The first kappa shape index (κ1) is 21.8. The van der Waals surface area contributed by atoms with E-state index >= 15 is 0 Å². The van der Waals surface area contributed by atoms with Gasteiger partial charge in [-0.1, -0.05) is 26.7 Å². The molecule has 1 aromatic rings. The highest BCUT2D eigenvalue weighted by Gasteiger charge is 2.31. The molecule has 3 rings (SSSR count). The van der Waals surface area contributed by atoms with E-state index in [1.54, 1.807) is 7.05 Å². The van der Waals surface area contributed by atoms with Crippen molar-refractivity contribution in [2.75, 3.05) is 19.7 Å². The number of sulfonamides is 1. The highest BCUT2D eigenvalue weighted by Crippen LogP contribution is 2.29. The van der Waals surface area contributed by atoms with E-state index in [0.717, 1.165) is 25.7 Å². The second kappa shape index (κ2) is 8.87. The number of aromatic nitrogens is 1. The lowest BCUT2D eigenvalue weighted by Crippen LogP contribution is -2.45. The molecule has 1 amide bonds. The van der Waals surface area contributed by atoms with Crippen molar-refractivity contribution in [3.63, 3.8) is 0 Å². The van der Waals surface area contributed by atoms with Crippen molar-refractivity contribution in [1.29, 1.82) is 0 Å². The number of carbonyl (C=O) groups is 2. The number of ether oxygens (including phenoxy) is 1. The number of carbonyl (C=O) groups excluding carboxylic acids is 2. The SMILES string of the molecule is CC1CCCC(NC(=O)COC(=O)c2cc(S(=O)(=O)N3CCCC3)cn2C)C1C. The van der Waals surface area contributed by atoms with E-state index in [2.05, 4.69) is 19.2 Å².